The standard InChI is InChI=1S/C16H19NO.ClH/c1-3-18-15-10-8-14(9-11-15)16(17)13-6-4-12(2)5-7-13;/h4-11,16H,3,17H2,1-2H3;1H. The highest BCUT2D eigenvalue weighted by molar-refractivity contribution is 5.85. The Kier molecular flexibility index (Phi) is 5.87. The van der Waals surface area contributed by atoms with E-state index in [2.05, 4.69) is 31.2 Å². The molecule has 0 spiro atoms. The summed E-state index contributed by atoms with van der Waals surface area (Å²) < 4.78 is 5.42. The van der Waals surface area contributed by atoms with Crippen LogP contribution in [0.3, 0.4) is 0 Å². The summed E-state index contributed by atoms with van der Waals surface area (Å²) in [5, 5.41) is 0. The summed E-state index contributed by atoms with van der Waals surface area (Å²) >= 11 is 0. The van der Waals surface area contributed by atoms with Crippen LogP contribution in [0.25, 0.3) is 0 Å². The molecule has 2 nitrogen and oxygen atoms in total. The van der Waals surface area contributed by atoms with Crippen molar-refractivity contribution in [2.24, 2.45) is 5.73 Å². The second kappa shape index (κ2) is 7.17. The molecule has 0 amide bonds. The highest BCUT2D eigenvalue weighted by atomic mass is 35.5. The lowest BCUT2D eigenvalue weighted by molar-refractivity contribution is 0.340. The highest BCUT2D eigenvalue weighted by Crippen LogP contribution is 2.22. The number of aryl methyl sites for hydroxylation is 1. The minimum atomic E-state index is -0.0822. The zero-order valence-electron chi connectivity index (χ0n) is 11.3. The lowest BCUT2D eigenvalue weighted by Gasteiger charge is -2.13. The van der Waals surface area contributed by atoms with Crippen LogP contribution in [0, 0.1) is 6.92 Å². The maximum absolute atomic E-state index is 6.25. The fourth-order valence-corrected chi connectivity index (χ4v) is 1.90. The molecular weight excluding hydrogens is 258 g/mol. The van der Waals surface area contributed by atoms with Crippen LogP contribution in [0.4, 0.5) is 0 Å². The van der Waals surface area contributed by atoms with Gasteiger partial charge in [0.05, 0.1) is 12.6 Å². The summed E-state index contributed by atoms with van der Waals surface area (Å²) in [5.74, 6) is 0.886. The van der Waals surface area contributed by atoms with Crippen LogP contribution in [0.1, 0.15) is 29.7 Å². The SMILES string of the molecule is CCOc1ccc(C(N)c2ccc(C)cc2)cc1.Cl. The number of hydrogen-bond acceptors (Lipinski definition) is 2. The monoisotopic (exact) mass is 277 g/mol. The van der Waals surface area contributed by atoms with E-state index in [1.807, 2.05) is 31.2 Å². The minimum Gasteiger partial charge on any atom is -0.494 e. The number of nitrogens with two attached hydrogens (primary N) is 1. The summed E-state index contributed by atoms with van der Waals surface area (Å²) in [7, 11) is 0. The second-order valence-electron chi connectivity index (χ2n) is 4.39. The second-order valence-corrected chi connectivity index (χ2v) is 4.39. The van der Waals surface area contributed by atoms with Crippen LogP contribution < -0.4 is 10.5 Å². The molecule has 1 unspecified atom stereocenters. The molecular formula is C16H20ClNO. The molecule has 0 fully saturated rings. The Morgan fingerprint density at radius 1 is 0.947 bits per heavy atom. The molecule has 0 radical (unpaired) electrons. The first kappa shape index (κ1) is 15.5. The normalized spacial score (nSPS) is 11.5. The Morgan fingerprint density at radius 2 is 1.42 bits per heavy atom. The molecule has 102 valence electrons. The van der Waals surface area contributed by atoms with Crippen molar-refractivity contribution in [3.8, 4) is 5.75 Å². The average molecular weight is 278 g/mol. The van der Waals surface area contributed by atoms with Crippen LogP contribution >= 0.6 is 12.4 Å². The van der Waals surface area contributed by atoms with Crippen LogP contribution in [0.5, 0.6) is 5.75 Å². The largest absolute Gasteiger partial charge is 0.494 e. The minimum absolute atomic E-state index is 0. The third-order valence-electron chi connectivity index (χ3n) is 2.99. The van der Waals surface area contributed by atoms with E-state index in [1.54, 1.807) is 0 Å². The summed E-state index contributed by atoms with van der Waals surface area (Å²) in [6, 6.07) is 16.2. The van der Waals surface area contributed by atoms with Crippen molar-refractivity contribution in [1.82, 2.24) is 0 Å². The first-order valence-electron chi connectivity index (χ1n) is 6.25. The topological polar surface area (TPSA) is 35.2 Å². The third kappa shape index (κ3) is 3.98. The van der Waals surface area contributed by atoms with E-state index in [9.17, 15) is 0 Å². The Hall–Kier alpha value is -1.51. The Morgan fingerprint density at radius 3 is 1.89 bits per heavy atom. The van der Waals surface area contributed by atoms with Gasteiger partial charge >= 0.3 is 0 Å². The first-order chi connectivity index (χ1) is 8.70. The molecule has 19 heavy (non-hydrogen) atoms. The van der Waals surface area contributed by atoms with Crippen molar-refractivity contribution in [3.05, 3.63) is 65.2 Å². The van der Waals surface area contributed by atoms with E-state index >= 15 is 0 Å². The predicted octanol–water partition coefficient (Wildman–Crippen LogP) is 3.86. The molecule has 2 N–H and O–H groups in total. The van der Waals surface area contributed by atoms with Gasteiger partial charge in [0.25, 0.3) is 0 Å². The van der Waals surface area contributed by atoms with E-state index in [0.717, 1.165) is 16.9 Å². The summed E-state index contributed by atoms with van der Waals surface area (Å²) in [5.41, 5.74) is 9.73. The molecule has 3 heteroatoms. The molecule has 1 atom stereocenters. The Labute approximate surface area is 121 Å². The number of halogens is 1. The van der Waals surface area contributed by atoms with E-state index in [0.29, 0.717) is 6.61 Å². The van der Waals surface area contributed by atoms with Crippen molar-refractivity contribution in [2.75, 3.05) is 6.61 Å². The maximum Gasteiger partial charge on any atom is 0.119 e. The molecule has 0 saturated carbocycles. The zero-order valence-corrected chi connectivity index (χ0v) is 12.1. The van der Waals surface area contributed by atoms with Crippen molar-refractivity contribution >= 4 is 12.4 Å². The number of hydrogen-bond donors (Lipinski definition) is 1. The number of benzene rings is 2. The van der Waals surface area contributed by atoms with Gasteiger partial charge in [-0.05, 0) is 37.1 Å². The fraction of sp³-hybridized carbons (Fsp3) is 0.250. The molecule has 2 rings (SSSR count). The molecule has 0 aliphatic rings. The molecule has 0 aliphatic heterocycles. The lowest BCUT2D eigenvalue weighted by atomic mass is 9.99. The molecule has 0 heterocycles. The quantitative estimate of drug-likeness (QED) is 0.921. The Bertz CT molecular complexity index is 493. The van der Waals surface area contributed by atoms with Crippen LogP contribution in [-0.2, 0) is 0 Å². The van der Waals surface area contributed by atoms with Crippen molar-refractivity contribution < 1.29 is 4.74 Å². The Balaban J connectivity index is 0.00000180. The van der Waals surface area contributed by atoms with Gasteiger partial charge in [0.1, 0.15) is 5.75 Å². The van der Waals surface area contributed by atoms with Gasteiger partial charge in [-0.2, -0.15) is 0 Å². The summed E-state index contributed by atoms with van der Waals surface area (Å²) in [4.78, 5) is 0. The maximum atomic E-state index is 6.25. The first-order valence-corrected chi connectivity index (χ1v) is 6.25. The molecule has 0 aromatic heterocycles. The van der Waals surface area contributed by atoms with Crippen LogP contribution in [0.2, 0.25) is 0 Å². The molecule has 2 aromatic rings. The van der Waals surface area contributed by atoms with Gasteiger partial charge in [0.2, 0.25) is 0 Å². The number of rotatable bonds is 4. The van der Waals surface area contributed by atoms with Gasteiger partial charge in [-0.1, -0.05) is 42.0 Å². The van der Waals surface area contributed by atoms with E-state index in [-0.39, 0.29) is 18.4 Å². The van der Waals surface area contributed by atoms with Crippen LogP contribution in [-0.4, -0.2) is 6.61 Å². The smallest absolute Gasteiger partial charge is 0.119 e. The van der Waals surface area contributed by atoms with Gasteiger partial charge in [0, 0.05) is 0 Å². The lowest BCUT2D eigenvalue weighted by Crippen LogP contribution is -2.11. The van der Waals surface area contributed by atoms with Gasteiger partial charge in [0.15, 0.2) is 0 Å². The third-order valence-corrected chi connectivity index (χ3v) is 2.99. The number of ether oxygens (including phenoxy) is 1. The van der Waals surface area contributed by atoms with Gasteiger partial charge in [-0.15, -0.1) is 12.4 Å². The molecule has 0 aliphatic carbocycles. The molecule has 0 bridgehead atoms. The van der Waals surface area contributed by atoms with Crippen molar-refractivity contribution in [1.29, 1.82) is 0 Å². The molecule has 2 aromatic carbocycles. The van der Waals surface area contributed by atoms with Crippen molar-refractivity contribution in [3.63, 3.8) is 0 Å². The summed E-state index contributed by atoms with van der Waals surface area (Å²) in [6.45, 7) is 4.74. The van der Waals surface area contributed by atoms with Crippen LogP contribution in [0.15, 0.2) is 48.5 Å². The fourth-order valence-electron chi connectivity index (χ4n) is 1.90. The van der Waals surface area contributed by atoms with Gasteiger partial charge < -0.3 is 10.5 Å². The van der Waals surface area contributed by atoms with E-state index in [4.69, 9.17) is 10.5 Å². The van der Waals surface area contributed by atoms with E-state index in [1.165, 1.54) is 5.56 Å². The zero-order chi connectivity index (χ0) is 13.0. The van der Waals surface area contributed by atoms with Gasteiger partial charge in [-0.25, -0.2) is 0 Å². The molecule has 0 saturated heterocycles. The summed E-state index contributed by atoms with van der Waals surface area (Å²) in [6.07, 6.45) is 0. The highest BCUT2D eigenvalue weighted by Gasteiger charge is 2.08. The predicted molar refractivity (Wildman–Crippen MR) is 82.1 cm³/mol. The average Bonchev–Trinajstić information content (AvgIpc) is 2.40. The van der Waals surface area contributed by atoms with E-state index < -0.39 is 0 Å². The van der Waals surface area contributed by atoms with Crippen molar-refractivity contribution in [2.45, 2.75) is 19.9 Å². The van der Waals surface area contributed by atoms with Gasteiger partial charge in [-0.3, -0.25) is 0 Å².